The molecule has 6 nitrogen and oxygen atoms in total. The molecule has 100 valence electrons. The maximum absolute atomic E-state index is 13.5. The summed E-state index contributed by atoms with van der Waals surface area (Å²) >= 11 is 0. The van der Waals surface area contributed by atoms with E-state index >= 15 is 0 Å². The lowest BCUT2D eigenvalue weighted by atomic mass is 10.1. The van der Waals surface area contributed by atoms with E-state index in [1.165, 1.54) is 4.90 Å². The van der Waals surface area contributed by atoms with E-state index in [0.717, 1.165) is 6.07 Å². The number of nitro benzene ring substituents is 1. The fraction of sp³-hybridized carbons (Fsp3) is 0.250. The second kappa shape index (κ2) is 5.82. The molecule has 0 aliphatic carbocycles. The Hall–Kier alpha value is -2.62. The van der Waals surface area contributed by atoms with Gasteiger partial charge in [-0.25, -0.2) is 9.18 Å². The molecule has 0 aliphatic heterocycles. The molecule has 0 fully saturated rings. The van der Waals surface area contributed by atoms with Crippen LogP contribution < -0.4 is 4.90 Å². The zero-order valence-corrected chi connectivity index (χ0v) is 10.1. The predicted molar refractivity (Wildman–Crippen MR) is 66.7 cm³/mol. The van der Waals surface area contributed by atoms with Gasteiger partial charge in [-0.2, -0.15) is 0 Å². The van der Waals surface area contributed by atoms with Crippen LogP contribution in [-0.4, -0.2) is 29.1 Å². The number of hydrogen-bond acceptors (Lipinski definition) is 4. The number of aromatic carboxylic acids is 1. The van der Waals surface area contributed by atoms with Crippen LogP contribution in [0.1, 0.15) is 17.3 Å². The van der Waals surface area contributed by atoms with Crippen LogP contribution in [-0.2, 0) is 0 Å². The van der Waals surface area contributed by atoms with Crippen LogP contribution in [0.2, 0.25) is 0 Å². The van der Waals surface area contributed by atoms with Crippen molar-refractivity contribution in [1.29, 1.82) is 0 Å². The average molecular weight is 266 g/mol. The van der Waals surface area contributed by atoms with E-state index in [2.05, 4.69) is 5.92 Å². The van der Waals surface area contributed by atoms with Crippen LogP contribution in [0, 0.1) is 28.3 Å². The molecular formula is C12H11FN2O4. The topological polar surface area (TPSA) is 83.7 Å². The number of rotatable bonds is 5. The molecular weight excluding hydrogens is 255 g/mol. The molecule has 0 spiro atoms. The van der Waals surface area contributed by atoms with Crippen LogP contribution in [0.4, 0.5) is 15.8 Å². The zero-order valence-electron chi connectivity index (χ0n) is 10.1. The van der Waals surface area contributed by atoms with Crippen molar-refractivity contribution in [2.45, 2.75) is 6.92 Å². The molecule has 0 saturated carbocycles. The zero-order chi connectivity index (χ0) is 14.6. The van der Waals surface area contributed by atoms with E-state index in [4.69, 9.17) is 11.5 Å². The van der Waals surface area contributed by atoms with E-state index in [1.54, 1.807) is 6.92 Å². The fourth-order valence-electron chi connectivity index (χ4n) is 1.59. The van der Waals surface area contributed by atoms with E-state index in [-0.39, 0.29) is 12.2 Å². The van der Waals surface area contributed by atoms with E-state index < -0.39 is 28.0 Å². The van der Waals surface area contributed by atoms with Gasteiger partial charge in [-0.05, 0) is 13.0 Å². The highest BCUT2D eigenvalue weighted by molar-refractivity contribution is 5.90. The van der Waals surface area contributed by atoms with Gasteiger partial charge in [-0.15, -0.1) is 6.42 Å². The summed E-state index contributed by atoms with van der Waals surface area (Å²) in [6, 6.07) is 1.52. The molecule has 0 atom stereocenters. The van der Waals surface area contributed by atoms with Crippen LogP contribution in [0.25, 0.3) is 0 Å². The van der Waals surface area contributed by atoms with Gasteiger partial charge in [0.05, 0.1) is 23.1 Å². The van der Waals surface area contributed by atoms with E-state index in [1.807, 2.05) is 0 Å². The lowest BCUT2D eigenvalue weighted by molar-refractivity contribution is -0.384. The van der Waals surface area contributed by atoms with Gasteiger partial charge in [0, 0.05) is 6.54 Å². The molecule has 0 aromatic heterocycles. The molecule has 1 aromatic rings. The minimum absolute atomic E-state index is 0.00995. The number of carboxylic acid groups (broad SMARTS) is 1. The first-order valence-corrected chi connectivity index (χ1v) is 5.32. The third-order valence-electron chi connectivity index (χ3n) is 2.50. The summed E-state index contributed by atoms with van der Waals surface area (Å²) in [6.07, 6.45) is 5.14. The van der Waals surface area contributed by atoms with Crippen molar-refractivity contribution in [2.75, 3.05) is 18.0 Å². The first-order valence-electron chi connectivity index (χ1n) is 5.32. The number of nitrogens with zero attached hydrogens (tertiary/aromatic N) is 2. The number of terminal acetylenes is 1. The summed E-state index contributed by atoms with van der Waals surface area (Å²) in [5.41, 5.74) is -1.15. The van der Waals surface area contributed by atoms with Crippen LogP contribution >= 0.6 is 0 Å². The molecule has 19 heavy (non-hydrogen) atoms. The van der Waals surface area contributed by atoms with Gasteiger partial charge in [0.2, 0.25) is 0 Å². The summed E-state index contributed by atoms with van der Waals surface area (Å²) in [5, 5.41) is 19.7. The Morgan fingerprint density at radius 3 is 2.68 bits per heavy atom. The van der Waals surface area contributed by atoms with E-state index in [9.17, 15) is 19.3 Å². The van der Waals surface area contributed by atoms with Crippen molar-refractivity contribution in [3.05, 3.63) is 33.6 Å². The summed E-state index contributed by atoms with van der Waals surface area (Å²) < 4.78 is 13.5. The smallest absolute Gasteiger partial charge is 0.338 e. The number of halogens is 1. The summed E-state index contributed by atoms with van der Waals surface area (Å²) in [7, 11) is 0. The summed E-state index contributed by atoms with van der Waals surface area (Å²) in [6.45, 7) is 2.09. The SMILES string of the molecule is C#CCN(CC)c1cc(C(=O)O)c(F)cc1[N+](=O)[O-]. The molecule has 0 radical (unpaired) electrons. The maximum Gasteiger partial charge on any atom is 0.338 e. The molecule has 0 amide bonds. The van der Waals surface area contributed by atoms with Crippen molar-refractivity contribution < 1.29 is 19.2 Å². The van der Waals surface area contributed by atoms with Crippen molar-refractivity contribution in [1.82, 2.24) is 0 Å². The Morgan fingerprint density at radius 1 is 1.63 bits per heavy atom. The lowest BCUT2D eigenvalue weighted by Gasteiger charge is -2.20. The van der Waals surface area contributed by atoms with Crippen LogP contribution in [0.5, 0.6) is 0 Å². The van der Waals surface area contributed by atoms with Gasteiger partial charge in [0.1, 0.15) is 11.5 Å². The number of benzene rings is 1. The van der Waals surface area contributed by atoms with Crippen molar-refractivity contribution >= 4 is 17.3 Å². The highest BCUT2D eigenvalue weighted by Crippen LogP contribution is 2.31. The molecule has 1 rings (SSSR count). The second-order valence-electron chi connectivity index (χ2n) is 3.60. The van der Waals surface area contributed by atoms with Crippen molar-refractivity contribution in [3.8, 4) is 12.3 Å². The standard InChI is InChI=1S/C12H11FN2O4/c1-3-5-14(4-2)10-6-8(12(16)17)9(13)7-11(10)15(18)19/h1,6-7H,4-5H2,2H3,(H,16,17). The number of anilines is 1. The Bertz CT molecular complexity index is 566. The molecule has 0 heterocycles. The Labute approximate surface area is 108 Å². The van der Waals surface area contributed by atoms with Crippen LogP contribution in [0.15, 0.2) is 12.1 Å². The number of carbonyl (C=O) groups is 1. The Balaban J connectivity index is 3.49. The molecule has 0 aliphatic rings. The number of carboxylic acids is 1. The average Bonchev–Trinajstić information content (AvgIpc) is 2.35. The second-order valence-corrected chi connectivity index (χ2v) is 3.60. The van der Waals surface area contributed by atoms with Crippen molar-refractivity contribution in [3.63, 3.8) is 0 Å². The Kier molecular flexibility index (Phi) is 4.42. The number of hydrogen-bond donors (Lipinski definition) is 1. The third-order valence-corrected chi connectivity index (χ3v) is 2.50. The predicted octanol–water partition coefficient (Wildman–Crippen LogP) is 1.89. The third kappa shape index (κ3) is 2.98. The maximum atomic E-state index is 13.5. The highest BCUT2D eigenvalue weighted by atomic mass is 19.1. The molecule has 1 aromatic carbocycles. The molecule has 0 saturated heterocycles. The minimum atomic E-state index is -1.49. The Morgan fingerprint density at radius 2 is 2.26 bits per heavy atom. The first kappa shape index (κ1) is 14.4. The van der Waals surface area contributed by atoms with Gasteiger partial charge in [-0.1, -0.05) is 5.92 Å². The fourth-order valence-corrected chi connectivity index (χ4v) is 1.59. The highest BCUT2D eigenvalue weighted by Gasteiger charge is 2.24. The largest absolute Gasteiger partial charge is 0.478 e. The summed E-state index contributed by atoms with van der Waals surface area (Å²) in [4.78, 5) is 22.4. The van der Waals surface area contributed by atoms with Gasteiger partial charge in [0.15, 0.2) is 0 Å². The van der Waals surface area contributed by atoms with Gasteiger partial charge < -0.3 is 10.0 Å². The van der Waals surface area contributed by atoms with E-state index in [0.29, 0.717) is 12.6 Å². The first-order chi connectivity index (χ1) is 8.92. The van der Waals surface area contributed by atoms with Crippen molar-refractivity contribution in [2.24, 2.45) is 0 Å². The normalized spacial score (nSPS) is 9.74. The van der Waals surface area contributed by atoms with Gasteiger partial charge >= 0.3 is 5.97 Å². The number of nitro groups is 1. The van der Waals surface area contributed by atoms with Gasteiger partial charge in [-0.3, -0.25) is 10.1 Å². The molecule has 0 bridgehead atoms. The molecule has 0 unspecified atom stereocenters. The molecule has 1 N–H and O–H groups in total. The van der Waals surface area contributed by atoms with Gasteiger partial charge in [0.25, 0.3) is 5.69 Å². The monoisotopic (exact) mass is 266 g/mol. The minimum Gasteiger partial charge on any atom is -0.478 e. The lowest BCUT2D eigenvalue weighted by Crippen LogP contribution is -2.24. The quantitative estimate of drug-likeness (QED) is 0.500. The summed E-state index contributed by atoms with van der Waals surface area (Å²) in [5.74, 6) is -0.339. The van der Waals surface area contributed by atoms with Crippen LogP contribution in [0.3, 0.4) is 0 Å². The molecule has 7 heteroatoms.